The first-order valence-electron chi connectivity index (χ1n) is 21.5. The molecule has 63 heavy (non-hydrogen) atoms. The molecule has 0 fully saturated rings. The third-order valence-electron chi connectivity index (χ3n) is 12.4. The molecular weight excluding hydrogens is 781 g/mol. The molecule has 2 heterocycles. The van der Waals surface area contributed by atoms with E-state index in [0.717, 1.165) is 28.3 Å². The minimum atomic E-state index is 1.09. The first kappa shape index (κ1) is 36.8. The summed E-state index contributed by atoms with van der Waals surface area (Å²) in [5.41, 5.74) is 16.3. The van der Waals surface area contributed by atoms with Crippen molar-refractivity contribution >= 4 is 70.4 Å². The van der Waals surface area contributed by atoms with Gasteiger partial charge in [-0.25, -0.2) is 0 Å². The van der Waals surface area contributed by atoms with E-state index in [-0.39, 0.29) is 0 Å². The van der Waals surface area contributed by atoms with Gasteiger partial charge < -0.3 is 9.47 Å². The van der Waals surface area contributed by atoms with E-state index in [1.807, 2.05) is 11.3 Å². The lowest BCUT2D eigenvalue weighted by molar-refractivity contribution is 1.18. The van der Waals surface area contributed by atoms with Crippen molar-refractivity contribution in [1.82, 2.24) is 4.57 Å². The van der Waals surface area contributed by atoms with Crippen molar-refractivity contribution in [3.05, 3.63) is 243 Å². The highest BCUT2D eigenvalue weighted by Crippen LogP contribution is 2.50. The lowest BCUT2D eigenvalue weighted by Crippen LogP contribution is -2.12. The zero-order chi connectivity index (χ0) is 41.7. The van der Waals surface area contributed by atoms with Gasteiger partial charge in [-0.3, -0.25) is 0 Å². The molecule has 0 saturated heterocycles. The van der Waals surface area contributed by atoms with E-state index >= 15 is 0 Å². The zero-order valence-electron chi connectivity index (χ0n) is 34.4. The zero-order valence-corrected chi connectivity index (χ0v) is 35.2. The molecule has 0 atom stereocenters. The molecule has 0 spiro atoms. The first-order valence-corrected chi connectivity index (χ1v) is 22.3. The van der Waals surface area contributed by atoms with Crippen LogP contribution in [0.25, 0.3) is 92.2 Å². The fraction of sp³-hybridized carbons (Fsp3) is 0. The number of nitrogens with zero attached hydrogens (tertiary/aromatic N) is 2. The smallest absolute Gasteiger partial charge is 0.0542 e. The average molecular weight is 821 g/mol. The molecular formula is C60H40N2S. The van der Waals surface area contributed by atoms with Crippen molar-refractivity contribution in [2.24, 2.45) is 0 Å². The van der Waals surface area contributed by atoms with Gasteiger partial charge in [-0.15, -0.1) is 11.3 Å². The average Bonchev–Trinajstić information content (AvgIpc) is 3.91. The van der Waals surface area contributed by atoms with E-state index in [1.165, 1.54) is 80.9 Å². The maximum absolute atomic E-state index is 2.50. The minimum Gasteiger partial charge on any atom is -0.309 e. The summed E-state index contributed by atoms with van der Waals surface area (Å²) in [6.07, 6.45) is 0. The Morgan fingerprint density at radius 2 is 0.810 bits per heavy atom. The summed E-state index contributed by atoms with van der Waals surface area (Å²) in [7, 11) is 0. The van der Waals surface area contributed by atoms with E-state index in [2.05, 4.69) is 252 Å². The monoisotopic (exact) mass is 820 g/mol. The van der Waals surface area contributed by atoms with Crippen LogP contribution in [0.2, 0.25) is 0 Å². The SMILES string of the molecule is c1ccc(-c2ccccc2-c2ccccc2-c2ccccc2N(c2ccc3c(c2)c2ccccc2n3-c2ccccc2)c2ccccc2-c2cccc3c2sc2ccccc23)cc1. The second-order valence-corrected chi connectivity index (χ2v) is 17.0. The van der Waals surface area contributed by atoms with Gasteiger partial charge in [0.1, 0.15) is 0 Å². The largest absolute Gasteiger partial charge is 0.309 e. The Balaban J connectivity index is 1.13. The molecule has 12 aromatic rings. The number of anilines is 3. The first-order chi connectivity index (χ1) is 31.3. The van der Waals surface area contributed by atoms with Crippen molar-refractivity contribution in [2.75, 3.05) is 4.90 Å². The summed E-state index contributed by atoms with van der Waals surface area (Å²) in [6.45, 7) is 0. The Hall–Kier alpha value is -7.98. The maximum Gasteiger partial charge on any atom is 0.0542 e. The molecule has 0 N–H and O–H groups in total. The molecule has 2 nitrogen and oxygen atoms in total. The number of benzene rings is 10. The summed E-state index contributed by atoms with van der Waals surface area (Å²) >= 11 is 1.88. The van der Waals surface area contributed by atoms with Gasteiger partial charge in [0.2, 0.25) is 0 Å². The fourth-order valence-corrected chi connectivity index (χ4v) is 10.9. The van der Waals surface area contributed by atoms with Gasteiger partial charge in [-0.05, 0) is 82.4 Å². The van der Waals surface area contributed by atoms with Gasteiger partial charge in [0, 0.05) is 59.0 Å². The molecule has 0 unspecified atom stereocenters. The molecule has 2 aromatic heterocycles. The fourth-order valence-electron chi connectivity index (χ4n) is 9.66. The standard InChI is InChI=1S/C60H40N2S/c1-3-20-41(21-4-1)44-24-7-8-25-45(44)46-26-9-10-27-47(46)48-28-11-15-34-55(48)62(43-38-39-58-54(40-43)50-30-13-17-36-57(50)61(58)42-22-5-2-6-23-42)56-35-16-12-29-49(56)52-32-19-33-53-51-31-14-18-37-59(51)63-60(52)53/h1-40H. The summed E-state index contributed by atoms with van der Waals surface area (Å²) in [6, 6.07) is 88.5. The van der Waals surface area contributed by atoms with Gasteiger partial charge in [-0.2, -0.15) is 0 Å². The van der Waals surface area contributed by atoms with E-state index in [4.69, 9.17) is 0 Å². The van der Waals surface area contributed by atoms with Crippen molar-refractivity contribution in [2.45, 2.75) is 0 Å². The van der Waals surface area contributed by atoms with Crippen LogP contribution in [0.1, 0.15) is 0 Å². The van der Waals surface area contributed by atoms with Crippen molar-refractivity contribution in [3.8, 4) is 50.2 Å². The van der Waals surface area contributed by atoms with Crippen LogP contribution in [-0.4, -0.2) is 4.57 Å². The molecule has 0 aliphatic heterocycles. The lowest BCUT2D eigenvalue weighted by atomic mass is 9.88. The molecule has 3 heteroatoms. The predicted molar refractivity (Wildman–Crippen MR) is 270 cm³/mol. The summed E-state index contributed by atoms with van der Waals surface area (Å²) in [5, 5.41) is 5.01. The lowest BCUT2D eigenvalue weighted by Gasteiger charge is -2.30. The minimum absolute atomic E-state index is 1.09. The van der Waals surface area contributed by atoms with Crippen molar-refractivity contribution < 1.29 is 0 Å². The Morgan fingerprint density at radius 3 is 1.54 bits per heavy atom. The van der Waals surface area contributed by atoms with Crippen LogP contribution in [0, 0.1) is 0 Å². The highest BCUT2D eigenvalue weighted by molar-refractivity contribution is 7.26. The highest BCUT2D eigenvalue weighted by atomic mass is 32.1. The molecule has 0 saturated carbocycles. The van der Waals surface area contributed by atoms with Crippen molar-refractivity contribution in [3.63, 3.8) is 0 Å². The molecule has 0 bridgehead atoms. The van der Waals surface area contributed by atoms with Crippen LogP contribution in [0.5, 0.6) is 0 Å². The van der Waals surface area contributed by atoms with Gasteiger partial charge >= 0.3 is 0 Å². The number of thiophene rings is 1. The van der Waals surface area contributed by atoms with Crippen LogP contribution < -0.4 is 4.90 Å². The van der Waals surface area contributed by atoms with Crippen LogP contribution >= 0.6 is 11.3 Å². The molecule has 12 rings (SSSR count). The Morgan fingerprint density at radius 1 is 0.317 bits per heavy atom. The molecule has 296 valence electrons. The van der Waals surface area contributed by atoms with E-state index in [1.54, 1.807) is 0 Å². The molecule has 0 aliphatic carbocycles. The van der Waals surface area contributed by atoms with Gasteiger partial charge in [0.25, 0.3) is 0 Å². The second kappa shape index (κ2) is 15.5. The Kier molecular flexibility index (Phi) is 9.06. The van der Waals surface area contributed by atoms with Gasteiger partial charge in [0.15, 0.2) is 0 Å². The second-order valence-electron chi connectivity index (χ2n) is 16.0. The third kappa shape index (κ3) is 6.24. The molecule has 0 amide bonds. The Labute approximate surface area is 370 Å². The predicted octanol–water partition coefficient (Wildman–Crippen LogP) is 17.3. The van der Waals surface area contributed by atoms with Crippen LogP contribution in [0.3, 0.4) is 0 Å². The molecule has 0 radical (unpaired) electrons. The van der Waals surface area contributed by atoms with E-state index in [9.17, 15) is 0 Å². The third-order valence-corrected chi connectivity index (χ3v) is 13.7. The maximum atomic E-state index is 2.50. The van der Waals surface area contributed by atoms with Crippen LogP contribution in [0.15, 0.2) is 243 Å². The highest BCUT2D eigenvalue weighted by Gasteiger charge is 2.24. The molecule has 0 aliphatic rings. The van der Waals surface area contributed by atoms with Crippen LogP contribution in [0.4, 0.5) is 17.1 Å². The van der Waals surface area contributed by atoms with Gasteiger partial charge in [-0.1, -0.05) is 188 Å². The topological polar surface area (TPSA) is 8.17 Å². The van der Waals surface area contributed by atoms with Gasteiger partial charge in [0.05, 0.1) is 22.4 Å². The van der Waals surface area contributed by atoms with E-state index < -0.39 is 0 Å². The quantitative estimate of drug-likeness (QED) is 0.148. The van der Waals surface area contributed by atoms with Crippen molar-refractivity contribution in [1.29, 1.82) is 0 Å². The number of rotatable bonds is 8. The number of aromatic nitrogens is 1. The van der Waals surface area contributed by atoms with E-state index in [0.29, 0.717) is 0 Å². The summed E-state index contributed by atoms with van der Waals surface area (Å²) < 4.78 is 4.99. The van der Waals surface area contributed by atoms with Crippen LogP contribution in [-0.2, 0) is 0 Å². The number of para-hydroxylation sites is 4. The normalized spacial score (nSPS) is 11.5. The molecule has 10 aromatic carbocycles. The summed E-state index contributed by atoms with van der Waals surface area (Å²) in [5.74, 6) is 0. The number of fused-ring (bicyclic) bond motifs is 6. The Bertz CT molecular complexity index is 3640. The number of hydrogen-bond acceptors (Lipinski definition) is 2. The summed E-state index contributed by atoms with van der Waals surface area (Å²) in [4.78, 5) is 2.50. The number of hydrogen-bond donors (Lipinski definition) is 0.